The summed E-state index contributed by atoms with van der Waals surface area (Å²) in [4.78, 5) is 13.5. The predicted octanol–water partition coefficient (Wildman–Crippen LogP) is 2.95. The topological polar surface area (TPSA) is 104 Å². The molecule has 0 unspecified atom stereocenters. The Morgan fingerprint density at radius 1 is 0.800 bits per heavy atom. The van der Waals surface area contributed by atoms with Crippen LogP contribution < -0.4 is 5.32 Å². The second kappa shape index (κ2) is 10.3. The molecule has 0 radical (unpaired) electrons. The summed E-state index contributed by atoms with van der Waals surface area (Å²) in [7, 11) is -7.95. The maximum absolute atomic E-state index is 13.4. The first-order chi connectivity index (χ1) is 16.7. The molecule has 1 fully saturated rings. The van der Waals surface area contributed by atoms with Crippen molar-refractivity contribution in [3.8, 4) is 0 Å². The smallest absolute Gasteiger partial charge is 0.244 e. The first kappa shape index (κ1) is 25.1. The quantitative estimate of drug-likeness (QED) is 0.523. The molecule has 1 heterocycles. The van der Waals surface area contributed by atoms with E-state index in [1.54, 1.807) is 48.5 Å². The molecule has 184 valence electrons. The molecule has 1 saturated heterocycles. The van der Waals surface area contributed by atoms with Gasteiger partial charge in [-0.15, -0.1) is 0 Å². The molecule has 0 saturated carbocycles. The number of carbonyl (C=O) groups is 1. The van der Waals surface area contributed by atoms with Gasteiger partial charge in [0.05, 0.1) is 9.79 Å². The minimum absolute atomic E-state index is 0.0458. The molecule has 1 atom stereocenters. The molecule has 3 aromatic carbocycles. The number of hydrogen-bond acceptors (Lipinski definition) is 5. The highest BCUT2D eigenvalue weighted by molar-refractivity contribution is 7.89. The molecule has 10 heteroatoms. The van der Waals surface area contributed by atoms with E-state index >= 15 is 0 Å². The minimum atomic E-state index is -4.04. The van der Waals surface area contributed by atoms with E-state index in [9.17, 15) is 21.6 Å². The van der Waals surface area contributed by atoms with E-state index in [4.69, 9.17) is 0 Å². The van der Waals surface area contributed by atoms with Crippen molar-refractivity contribution in [3.63, 3.8) is 0 Å². The van der Waals surface area contributed by atoms with Gasteiger partial charge in [-0.3, -0.25) is 4.79 Å². The van der Waals surface area contributed by atoms with Gasteiger partial charge in [-0.05, 0) is 48.4 Å². The Morgan fingerprint density at radius 2 is 1.34 bits per heavy atom. The van der Waals surface area contributed by atoms with Gasteiger partial charge in [0, 0.05) is 25.3 Å². The Labute approximate surface area is 206 Å². The van der Waals surface area contributed by atoms with Crippen LogP contribution in [-0.4, -0.2) is 57.0 Å². The molecule has 4 rings (SSSR count). The molecule has 0 aliphatic carbocycles. The lowest BCUT2D eigenvalue weighted by atomic mass is 10.1. The van der Waals surface area contributed by atoms with Crippen molar-refractivity contribution >= 4 is 31.6 Å². The SMILES string of the molecule is CCc1ccc(NC(=O)[C@H]2CN(S(=O)(=O)c3ccccc3)CCN2S(=O)(=O)c2ccccc2)cc1. The van der Waals surface area contributed by atoms with Crippen LogP contribution in [0.3, 0.4) is 0 Å². The van der Waals surface area contributed by atoms with E-state index in [2.05, 4.69) is 5.32 Å². The summed E-state index contributed by atoms with van der Waals surface area (Å²) in [5.74, 6) is -0.596. The maximum atomic E-state index is 13.4. The van der Waals surface area contributed by atoms with Crippen molar-refractivity contribution in [2.75, 3.05) is 25.0 Å². The van der Waals surface area contributed by atoms with Crippen molar-refractivity contribution in [2.45, 2.75) is 29.2 Å². The van der Waals surface area contributed by atoms with Gasteiger partial charge >= 0.3 is 0 Å². The van der Waals surface area contributed by atoms with E-state index in [-0.39, 0.29) is 29.4 Å². The van der Waals surface area contributed by atoms with Crippen LogP contribution >= 0.6 is 0 Å². The predicted molar refractivity (Wildman–Crippen MR) is 134 cm³/mol. The zero-order valence-electron chi connectivity index (χ0n) is 19.2. The zero-order valence-corrected chi connectivity index (χ0v) is 20.9. The number of benzene rings is 3. The Bertz CT molecular complexity index is 1380. The second-order valence-electron chi connectivity index (χ2n) is 8.16. The molecule has 1 N–H and O–H groups in total. The summed E-state index contributed by atoms with van der Waals surface area (Å²) >= 11 is 0. The van der Waals surface area contributed by atoms with E-state index in [0.717, 1.165) is 16.3 Å². The molecular weight excluding hydrogens is 486 g/mol. The Kier molecular flexibility index (Phi) is 7.36. The third kappa shape index (κ3) is 5.30. The van der Waals surface area contributed by atoms with E-state index in [1.807, 2.05) is 19.1 Å². The largest absolute Gasteiger partial charge is 0.325 e. The van der Waals surface area contributed by atoms with Crippen LogP contribution in [0.5, 0.6) is 0 Å². The van der Waals surface area contributed by atoms with Crippen molar-refractivity contribution in [3.05, 3.63) is 90.5 Å². The molecule has 3 aromatic rings. The third-order valence-corrected chi connectivity index (χ3v) is 9.76. The van der Waals surface area contributed by atoms with E-state index in [1.165, 1.54) is 28.6 Å². The molecule has 8 nitrogen and oxygen atoms in total. The fraction of sp³-hybridized carbons (Fsp3) is 0.240. The molecule has 0 spiro atoms. The number of piperazine rings is 1. The highest BCUT2D eigenvalue weighted by atomic mass is 32.2. The summed E-state index contributed by atoms with van der Waals surface area (Å²) < 4.78 is 55.6. The lowest BCUT2D eigenvalue weighted by Gasteiger charge is -2.38. The summed E-state index contributed by atoms with van der Waals surface area (Å²) in [6.45, 7) is 1.49. The summed E-state index contributed by atoms with van der Waals surface area (Å²) in [5.41, 5.74) is 1.60. The second-order valence-corrected chi connectivity index (χ2v) is 12.0. The van der Waals surface area contributed by atoms with Crippen LogP contribution in [-0.2, 0) is 31.3 Å². The van der Waals surface area contributed by atoms with Gasteiger partial charge in [0.15, 0.2) is 0 Å². The number of nitrogens with one attached hydrogen (secondary N) is 1. The molecule has 0 aromatic heterocycles. The standard InChI is InChI=1S/C25H27N3O5S2/c1-2-20-13-15-21(16-14-20)26-25(29)24-19-27(34(30,31)22-9-5-3-6-10-22)17-18-28(24)35(32,33)23-11-7-4-8-12-23/h3-16,24H,2,17-19H2,1H3,(H,26,29)/t24-/m1/s1. The Morgan fingerprint density at radius 3 is 1.89 bits per heavy atom. The summed E-state index contributed by atoms with van der Waals surface area (Å²) in [6.07, 6.45) is 0.840. The number of anilines is 1. The third-order valence-electron chi connectivity index (χ3n) is 5.96. The first-order valence-electron chi connectivity index (χ1n) is 11.3. The molecular formula is C25H27N3O5S2. The molecule has 1 amide bonds. The molecule has 1 aliphatic heterocycles. The average Bonchev–Trinajstić information content (AvgIpc) is 2.89. The van der Waals surface area contributed by atoms with E-state index < -0.39 is 32.0 Å². The minimum Gasteiger partial charge on any atom is -0.325 e. The van der Waals surface area contributed by atoms with E-state index in [0.29, 0.717) is 5.69 Å². The van der Waals surface area contributed by atoms with Crippen molar-refractivity contribution < 1.29 is 21.6 Å². The lowest BCUT2D eigenvalue weighted by Crippen LogP contribution is -2.60. The maximum Gasteiger partial charge on any atom is 0.244 e. The van der Waals surface area contributed by atoms with Gasteiger partial charge in [-0.1, -0.05) is 55.5 Å². The van der Waals surface area contributed by atoms with Gasteiger partial charge in [-0.2, -0.15) is 8.61 Å². The molecule has 1 aliphatic rings. The Hall–Kier alpha value is -3.05. The van der Waals surface area contributed by atoms with Crippen molar-refractivity contribution in [1.29, 1.82) is 0 Å². The van der Waals surface area contributed by atoms with Crippen molar-refractivity contribution in [2.24, 2.45) is 0 Å². The number of amides is 1. The number of nitrogens with zero attached hydrogens (tertiary/aromatic N) is 2. The number of hydrogen-bond donors (Lipinski definition) is 1. The average molecular weight is 514 g/mol. The Balaban J connectivity index is 1.67. The van der Waals surface area contributed by atoms with Gasteiger partial charge in [-0.25, -0.2) is 16.8 Å². The molecule has 35 heavy (non-hydrogen) atoms. The van der Waals surface area contributed by atoms with Crippen molar-refractivity contribution in [1.82, 2.24) is 8.61 Å². The fourth-order valence-corrected chi connectivity index (χ4v) is 7.03. The molecule has 0 bridgehead atoms. The van der Waals surface area contributed by atoms with Crippen LogP contribution in [0.1, 0.15) is 12.5 Å². The normalized spacial score (nSPS) is 17.7. The van der Waals surface area contributed by atoms with Crippen LogP contribution in [0.2, 0.25) is 0 Å². The number of carbonyl (C=O) groups excluding carboxylic acids is 1. The van der Waals surface area contributed by atoms with Gasteiger partial charge in [0.1, 0.15) is 6.04 Å². The van der Waals surface area contributed by atoms with Crippen LogP contribution in [0.4, 0.5) is 5.69 Å². The summed E-state index contributed by atoms with van der Waals surface area (Å²) in [6, 6.07) is 21.7. The van der Waals surface area contributed by atoms with Gasteiger partial charge in [0.25, 0.3) is 0 Å². The highest BCUT2D eigenvalue weighted by Crippen LogP contribution is 2.26. The van der Waals surface area contributed by atoms with Crippen LogP contribution in [0.15, 0.2) is 94.7 Å². The first-order valence-corrected chi connectivity index (χ1v) is 14.1. The van der Waals surface area contributed by atoms with Crippen LogP contribution in [0.25, 0.3) is 0 Å². The summed E-state index contributed by atoms with van der Waals surface area (Å²) in [5, 5.41) is 2.76. The fourth-order valence-electron chi connectivity index (χ4n) is 3.98. The van der Waals surface area contributed by atoms with Gasteiger partial charge in [0.2, 0.25) is 26.0 Å². The number of aryl methyl sites for hydroxylation is 1. The number of sulfonamides is 2. The highest BCUT2D eigenvalue weighted by Gasteiger charge is 2.43. The number of rotatable bonds is 7. The van der Waals surface area contributed by atoms with Crippen LogP contribution in [0, 0.1) is 0 Å². The van der Waals surface area contributed by atoms with Gasteiger partial charge < -0.3 is 5.32 Å². The monoisotopic (exact) mass is 513 g/mol. The zero-order chi connectivity index (χ0) is 25.1. The lowest BCUT2D eigenvalue weighted by molar-refractivity contribution is -0.120.